The Morgan fingerprint density at radius 3 is 2.73 bits per heavy atom. The molecule has 2 fully saturated rings. The summed E-state index contributed by atoms with van der Waals surface area (Å²) in [6, 6.07) is 3.95. The van der Waals surface area contributed by atoms with Crippen LogP contribution in [0, 0.1) is 11.8 Å². The van der Waals surface area contributed by atoms with Crippen LogP contribution in [0.1, 0.15) is 24.8 Å². The van der Waals surface area contributed by atoms with Gasteiger partial charge in [0.25, 0.3) is 0 Å². The molecule has 1 aromatic rings. The van der Waals surface area contributed by atoms with Gasteiger partial charge >= 0.3 is 0 Å². The zero-order valence-corrected chi connectivity index (χ0v) is 15.9. The van der Waals surface area contributed by atoms with Crippen molar-refractivity contribution in [1.82, 2.24) is 19.7 Å². The maximum atomic E-state index is 12.7. The summed E-state index contributed by atoms with van der Waals surface area (Å²) in [4.78, 5) is 23.3. The van der Waals surface area contributed by atoms with Crippen molar-refractivity contribution in [2.45, 2.75) is 25.8 Å². The summed E-state index contributed by atoms with van der Waals surface area (Å²) >= 11 is 0. The molecule has 0 radical (unpaired) electrons. The van der Waals surface area contributed by atoms with E-state index in [0.29, 0.717) is 25.6 Å². The number of hydrogen-bond donors (Lipinski definition) is 1. The first-order chi connectivity index (χ1) is 12.7. The van der Waals surface area contributed by atoms with Crippen LogP contribution in [0.5, 0.6) is 0 Å². The number of likely N-dealkylation sites (tertiary alicyclic amines) is 2. The number of nitrogens with zero attached hydrogens (tertiary/aromatic N) is 4. The number of likely N-dealkylation sites (N-methyl/N-ethyl adjacent to an activating group) is 1. The molecular weight excluding hydrogens is 328 g/mol. The number of aromatic nitrogens is 1. The van der Waals surface area contributed by atoms with E-state index in [2.05, 4.69) is 9.88 Å². The van der Waals surface area contributed by atoms with E-state index < -0.39 is 0 Å². The molecule has 6 nitrogen and oxygen atoms in total. The minimum Gasteiger partial charge on any atom is -0.396 e. The van der Waals surface area contributed by atoms with E-state index in [1.807, 2.05) is 35.2 Å². The predicted octanol–water partition coefficient (Wildman–Crippen LogP) is 1.07. The minimum absolute atomic E-state index is 0.163. The molecule has 3 rings (SSSR count). The van der Waals surface area contributed by atoms with E-state index in [1.54, 1.807) is 6.20 Å². The minimum atomic E-state index is 0.163. The van der Waals surface area contributed by atoms with Crippen LogP contribution in [-0.4, -0.2) is 83.6 Å². The normalized spacial score (nSPS) is 24.3. The number of amides is 1. The third kappa shape index (κ3) is 5.25. The number of piperidine rings is 1. The maximum Gasteiger partial charge on any atom is 0.236 e. The van der Waals surface area contributed by atoms with Crippen LogP contribution in [0.15, 0.2) is 24.5 Å². The molecule has 6 heteroatoms. The van der Waals surface area contributed by atoms with Crippen molar-refractivity contribution in [2.24, 2.45) is 11.8 Å². The molecule has 1 N–H and O–H groups in total. The molecular formula is C20H32N4O2. The van der Waals surface area contributed by atoms with Gasteiger partial charge in [0.1, 0.15) is 0 Å². The highest BCUT2D eigenvalue weighted by molar-refractivity contribution is 5.78. The lowest BCUT2D eigenvalue weighted by molar-refractivity contribution is -0.131. The summed E-state index contributed by atoms with van der Waals surface area (Å²) < 4.78 is 0. The van der Waals surface area contributed by atoms with E-state index in [-0.39, 0.29) is 18.4 Å². The second-order valence-electron chi connectivity index (χ2n) is 7.90. The van der Waals surface area contributed by atoms with Crippen molar-refractivity contribution in [3.8, 4) is 0 Å². The fourth-order valence-electron chi connectivity index (χ4n) is 4.22. The molecule has 0 spiro atoms. The molecule has 0 aliphatic carbocycles. The van der Waals surface area contributed by atoms with Gasteiger partial charge in [-0.3, -0.25) is 14.7 Å². The van der Waals surface area contributed by atoms with Crippen LogP contribution in [0.2, 0.25) is 0 Å². The fraction of sp³-hybridized carbons (Fsp3) is 0.700. The Balaban J connectivity index is 1.49. The van der Waals surface area contributed by atoms with Gasteiger partial charge < -0.3 is 14.9 Å². The molecule has 2 atom stereocenters. The van der Waals surface area contributed by atoms with Crippen molar-refractivity contribution in [3.05, 3.63) is 30.1 Å². The summed E-state index contributed by atoms with van der Waals surface area (Å²) in [6.07, 6.45) is 7.48. The number of aliphatic hydroxyl groups is 1. The van der Waals surface area contributed by atoms with E-state index in [4.69, 9.17) is 0 Å². The van der Waals surface area contributed by atoms with Crippen LogP contribution in [0.4, 0.5) is 0 Å². The lowest BCUT2D eigenvalue weighted by Crippen LogP contribution is -2.39. The van der Waals surface area contributed by atoms with Gasteiger partial charge in [-0.15, -0.1) is 0 Å². The number of aliphatic hydroxyl groups excluding tert-OH is 1. The molecule has 144 valence electrons. The highest BCUT2D eigenvalue weighted by atomic mass is 16.3. The second kappa shape index (κ2) is 9.44. The van der Waals surface area contributed by atoms with Crippen molar-refractivity contribution in [2.75, 3.05) is 52.9 Å². The predicted molar refractivity (Wildman–Crippen MR) is 102 cm³/mol. The van der Waals surface area contributed by atoms with Crippen LogP contribution in [0.25, 0.3) is 0 Å². The first-order valence-corrected chi connectivity index (χ1v) is 9.84. The highest BCUT2D eigenvalue weighted by Gasteiger charge is 2.35. The average molecular weight is 361 g/mol. The number of carbonyl (C=O) groups excluding carboxylic acids is 1. The summed E-state index contributed by atoms with van der Waals surface area (Å²) in [6.45, 7) is 6.11. The molecule has 3 heterocycles. The Bertz CT molecular complexity index is 562. The number of pyridine rings is 1. The quantitative estimate of drug-likeness (QED) is 0.788. The summed E-state index contributed by atoms with van der Waals surface area (Å²) in [5.41, 5.74) is 1.11. The monoisotopic (exact) mass is 360 g/mol. The zero-order valence-electron chi connectivity index (χ0n) is 15.9. The Hall–Kier alpha value is -1.50. The van der Waals surface area contributed by atoms with Crippen LogP contribution < -0.4 is 0 Å². The van der Waals surface area contributed by atoms with Gasteiger partial charge in [-0.1, -0.05) is 12.5 Å². The van der Waals surface area contributed by atoms with Crippen molar-refractivity contribution < 1.29 is 9.90 Å². The second-order valence-corrected chi connectivity index (χ2v) is 7.90. The van der Waals surface area contributed by atoms with E-state index >= 15 is 0 Å². The first kappa shape index (κ1) is 19.3. The molecule has 0 aromatic carbocycles. The third-order valence-corrected chi connectivity index (χ3v) is 5.69. The number of carbonyl (C=O) groups is 1. The SMILES string of the molecule is CN(CC(=O)N1C[C@@H](CN2CCCCC2)[C@@H](CO)C1)Cc1cccnc1. The third-order valence-electron chi connectivity index (χ3n) is 5.69. The number of rotatable bonds is 7. The lowest BCUT2D eigenvalue weighted by Gasteiger charge is -2.30. The highest BCUT2D eigenvalue weighted by Crippen LogP contribution is 2.25. The van der Waals surface area contributed by atoms with Gasteiger partial charge in [0.15, 0.2) is 0 Å². The first-order valence-electron chi connectivity index (χ1n) is 9.84. The van der Waals surface area contributed by atoms with Crippen LogP contribution in [0.3, 0.4) is 0 Å². The molecule has 26 heavy (non-hydrogen) atoms. The van der Waals surface area contributed by atoms with E-state index in [9.17, 15) is 9.90 Å². The molecule has 0 saturated carbocycles. The molecule has 0 unspecified atom stereocenters. The van der Waals surface area contributed by atoms with Gasteiger partial charge in [0.2, 0.25) is 5.91 Å². The Morgan fingerprint density at radius 1 is 1.27 bits per heavy atom. The summed E-state index contributed by atoms with van der Waals surface area (Å²) in [7, 11) is 1.97. The fourth-order valence-corrected chi connectivity index (χ4v) is 4.22. The van der Waals surface area contributed by atoms with Crippen LogP contribution in [-0.2, 0) is 11.3 Å². The molecule has 0 bridgehead atoms. The van der Waals surface area contributed by atoms with E-state index in [0.717, 1.165) is 31.7 Å². The smallest absolute Gasteiger partial charge is 0.236 e. The molecule has 1 aromatic heterocycles. The Morgan fingerprint density at radius 2 is 2.04 bits per heavy atom. The summed E-state index contributed by atoms with van der Waals surface area (Å²) in [5.74, 6) is 0.770. The molecule has 2 saturated heterocycles. The standard InChI is InChI=1S/C20H32N4O2/c1-22(11-17-6-5-7-21-10-17)15-20(26)24-13-18(19(14-24)16-25)12-23-8-3-2-4-9-23/h5-7,10,18-19,25H,2-4,8-9,11-16H2,1H3/t18-,19-/m1/s1. The topological polar surface area (TPSA) is 59.9 Å². The van der Waals surface area contributed by atoms with Gasteiger partial charge in [-0.2, -0.15) is 0 Å². The van der Waals surface area contributed by atoms with Crippen molar-refractivity contribution >= 4 is 5.91 Å². The van der Waals surface area contributed by atoms with Gasteiger partial charge in [0.05, 0.1) is 6.54 Å². The lowest BCUT2D eigenvalue weighted by atomic mass is 9.95. The van der Waals surface area contributed by atoms with Crippen molar-refractivity contribution in [3.63, 3.8) is 0 Å². The Labute approximate surface area is 156 Å². The Kier molecular flexibility index (Phi) is 7.00. The summed E-state index contributed by atoms with van der Waals surface area (Å²) in [5, 5.41) is 9.77. The zero-order chi connectivity index (χ0) is 18.4. The van der Waals surface area contributed by atoms with Gasteiger partial charge in [-0.05, 0) is 50.5 Å². The van der Waals surface area contributed by atoms with Crippen molar-refractivity contribution in [1.29, 1.82) is 0 Å². The molecule has 1 amide bonds. The van der Waals surface area contributed by atoms with Crippen LogP contribution >= 0.6 is 0 Å². The average Bonchev–Trinajstić information content (AvgIpc) is 3.06. The molecule has 2 aliphatic rings. The molecule has 2 aliphatic heterocycles. The maximum absolute atomic E-state index is 12.7. The largest absolute Gasteiger partial charge is 0.396 e. The van der Waals surface area contributed by atoms with Gasteiger partial charge in [-0.25, -0.2) is 0 Å². The van der Waals surface area contributed by atoms with E-state index in [1.165, 1.54) is 19.3 Å². The van der Waals surface area contributed by atoms with Gasteiger partial charge in [0, 0.05) is 51.1 Å². The number of hydrogen-bond acceptors (Lipinski definition) is 5.